The predicted molar refractivity (Wildman–Crippen MR) is 120 cm³/mol. The minimum atomic E-state index is -0.691. The van der Waals surface area contributed by atoms with Crippen LogP contribution in [-0.2, 0) is 14.3 Å². The summed E-state index contributed by atoms with van der Waals surface area (Å²) in [4.78, 5) is 40.7. The first kappa shape index (κ1) is 23.4. The van der Waals surface area contributed by atoms with Crippen molar-refractivity contribution in [3.05, 3.63) is 23.8 Å². The second-order valence-corrected chi connectivity index (χ2v) is 8.95. The smallest absolute Gasteiger partial charge is 0.252 e. The molecule has 4 rings (SSSR count). The molecule has 0 spiro atoms. The average molecular weight is 460 g/mol. The van der Waals surface area contributed by atoms with Crippen molar-refractivity contribution < 1.29 is 28.6 Å². The summed E-state index contributed by atoms with van der Waals surface area (Å²) in [5, 5.41) is 5.78. The molecule has 1 aromatic rings. The summed E-state index contributed by atoms with van der Waals surface area (Å²) in [6.45, 7) is 2.11. The highest BCUT2D eigenvalue weighted by Gasteiger charge is 2.36. The van der Waals surface area contributed by atoms with Gasteiger partial charge in [-0.15, -0.1) is 0 Å². The first-order valence-corrected chi connectivity index (χ1v) is 11.8. The van der Waals surface area contributed by atoms with Crippen molar-refractivity contribution in [1.82, 2.24) is 15.5 Å². The van der Waals surface area contributed by atoms with Crippen molar-refractivity contribution in [2.45, 2.75) is 44.6 Å². The van der Waals surface area contributed by atoms with Gasteiger partial charge in [-0.05, 0) is 49.8 Å². The zero-order valence-corrected chi connectivity index (χ0v) is 19.1. The Morgan fingerprint density at radius 2 is 1.82 bits per heavy atom. The fraction of sp³-hybridized carbons (Fsp3) is 0.625. The van der Waals surface area contributed by atoms with Gasteiger partial charge in [-0.3, -0.25) is 14.4 Å². The number of nitrogens with one attached hydrogen (secondary N) is 2. The number of likely N-dealkylation sites (tertiary alicyclic amines) is 1. The van der Waals surface area contributed by atoms with Gasteiger partial charge in [0.2, 0.25) is 18.6 Å². The molecule has 1 aliphatic carbocycles. The summed E-state index contributed by atoms with van der Waals surface area (Å²) in [6.07, 6.45) is 5.55. The van der Waals surface area contributed by atoms with Crippen LogP contribution in [0.1, 0.15) is 48.9 Å². The highest BCUT2D eigenvalue weighted by atomic mass is 16.7. The van der Waals surface area contributed by atoms with E-state index in [1.54, 1.807) is 25.3 Å². The summed E-state index contributed by atoms with van der Waals surface area (Å²) < 4.78 is 15.7. The van der Waals surface area contributed by atoms with Crippen LogP contribution < -0.4 is 20.1 Å². The molecule has 0 bridgehead atoms. The van der Waals surface area contributed by atoms with E-state index in [0.717, 1.165) is 25.7 Å². The largest absolute Gasteiger partial charge is 0.454 e. The van der Waals surface area contributed by atoms with Crippen LogP contribution in [0, 0.1) is 11.8 Å². The maximum atomic E-state index is 13.0. The van der Waals surface area contributed by atoms with E-state index in [4.69, 9.17) is 14.2 Å². The van der Waals surface area contributed by atoms with Gasteiger partial charge in [-0.2, -0.15) is 0 Å². The van der Waals surface area contributed by atoms with Gasteiger partial charge in [-0.25, -0.2) is 0 Å². The molecule has 1 unspecified atom stereocenters. The molecular weight excluding hydrogens is 426 g/mol. The molecule has 9 nitrogen and oxygen atoms in total. The number of ether oxygens (including phenoxy) is 3. The van der Waals surface area contributed by atoms with Crippen LogP contribution in [0.5, 0.6) is 11.5 Å². The molecule has 3 aliphatic rings. The van der Waals surface area contributed by atoms with Gasteiger partial charge in [0.1, 0.15) is 6.04 Å². The number of fused-ring (bicyclic) bond motifs is 1. The zero-order chi connectivity index (χ0) is 23.2. The van der Waals surface area contributed by atoms with E-state index in [2.05, 4.69) is 10.6 Å². The molecule has 1 saturated heterocycles. The van der Waals surface area contributed by atoms with E-state index in [-0.39, 0.29) is 36.4 Å². The fourth-order valence-corrected chi connectivity index (χ4v) is 4.93. The van der Waals surface area contributed by atoms with Gasteiger partial charge < -0.3 is 29.7 Å². The Kier molecular flexibility index (Phi) is 7.69. The van der Waals surface area contributed by atoms with Crippen molar-refractivity contribution in [3.63, 3.8) is 0 Å². The molecule has 2 N–H and O–H groups in total. The number of nitrogens with zero attached hydrogens (tertiary/aromatic N) is 1. The van der Waals surface area contributed by atoms with Crippen LogP contribution in [-0.4, -0.2) is 68.8 Å². The van der Waals surface area contributed by atoms with E-state index in [9.17, 15) is 14.4 Å². The molecule has 1 saturated carbocycles. The van der Waals surface area contributed by atoms with E-state index >= 15 is 0 Å². The monoisotopic (exact) mass is 459 g/mol. The van der Waals surface area contributed by atoms with Gasteiger partial charge >= 0.3 is 0 Å². The minimum absolute atomic E-state index is 0.0573. The van der Waals surface area contributed by atoms with Crippen LogP contribution in [0.4, 0.5) is 0 Å². The molecule has 0 radical (unpaired) electrons. The number of carbonyl (C=O) groups excluding carboxylic acids is 3. The molecule has 0 aromatic heterocycles. The molecule has 3 amide bonds. The summed E-state index contributed by atoms with van der Waals surface area (Å²) in [5.74, 6) is 0.878. The molecule has 9 heteroatoms. The molecule has 2 heterocycles. The number of piperidine rings is 1. The van der Waals surface area contributed by atoms with Crippen LogP contribution in [0.15, 0.2) is 18.2 Å². The Hall–Kier alpha value is -2.81. The summed E-state index contributed by atoms with van der Waals surface area (Å²) >= 11 is 0. The van der Waals surface area contributed by atoms with Gasteiger partial charge in [0.15, 0.2) is 11.5 Å². The number of methoxy groups -OCH3 is 1. The lowest BCUT2D eigenvalue weighted by molar-refractivity contribution is -0.137. The number of hydrogen-bond donors (Lipinski definition) is 2. The van der Waals surface area contributed by atoms with Crippen LogP contribution in [0.3, 0.4) is 0 Å². The van der Waals surface area contributed by atoms with Gasteiger partial charge in [0.05, 0.1) is 6.61 Å². The second kappa shape index (κ2) is 10.9. The number of benzene rings is 1. The third-order valence-electron chi connectivity index (χ3n) is 6.84. The lowest BCUT2D eigenvalue weighted by Crippen LogP contribution is -2.54. The van der Waals surface area contributed by atoms with Gasteiger partial charge in [0, 0.05) is 38.2 Å². The molecule has 1 atom stereocenters. The van der Waals surface area contributed by atoms with Crippen molar-refractivity contribution in [3.8, 4) is 11.5 Å². The van der Waals surface area contributed by atoms with E-state index in [0.29, 0.717) is 56.1 Å². The van der Waals surface area contributed by atoms with Crippen LogP contribution >= 0.6 is 0 Å². The lowest BCUT2D eigenvalue weighted by Gasteiger charge is -2.36. The maximum Gasteiger partial charge on any atom is 0.252 e. The molecule has 2 fully saturated rings. The number of hydrogen-bond acceptors (Lipinski definition) is 6. The standard InChI is InChI=1S/C24H33N3O6/c1-31-13-10-25-23(29)21(26-22(28)18-6-7-19-20(14-18)33-15-32-19)16-8-11-27(12-9-16)24(30)17-4-2-3-5-17/h6-7,14,16-17,21H,2-5,8-13,15H2,1H3,(H,25,29)(H,26,28). The Morgan fingerprint density at radius 3 is 2.55 bits per heavy atom. The SMILES string of the molecule is COCCNC(=O)C(NC(=O)c1ccc2c(c1)OCO2)C1CCN(C(=O)C2CCCC2)CC1. The number of amides is 3. The first-order valence-electron chi connectivity index (χ1n) is 11.8. The van der Waals surface area contributed by atoms with E-state index in [1.807, 2.05) is 4.90 Å². The Balaban J connectivity index is 1.40. The van der Waals surface area contributed by atoms with Gasteiger partial charge in [0.25, 0.3) is 5.91 Å². The van der Waals surface area contributed by atoms with Gasteiger partial charge in [-0.1, -0.05) is 12.8 Å². The third kappa shape index (κ3) is 5.58. The van der Waals surface area contributed by atoms with Crippen LogP contribution in [0.25, 0.3) is 0 Å². The molecular formula is C24H33N3O6. The van der Waals surface area contributed by atoms with Crippen LogP contribution in [0.2, 0.25) is 0 Å². The third-order valence-corrected chi connectivity index (χ3v) is 6.84. The summed E-state index contributed by atoms with van der Waals surface area (Å²) in [6, 6.07) is 4.29. The average Bonchev–Trinajstić information content (AvgIpc) is 3.54. The molecule has 180 valence electrons. The Bertz CT molecular complexity index is 862. The zero-order valence-electron chi connectivity index (χ0n) is 19.1. The highest BCUT2D eigenvalue weighted by Crippen LogP contribution is 2.33. The first-order chi connectivity index (χ1) is 16.1. The molecule has 33 heavy (non-hydrogen) atoms. The summed E-state index contributed by atoms with van der Waals surface area (Å²) in [5.41, 5.74) is 0.405. The van der Waals surface area contributed by atoms with Crippen molar-refractivity contribution in [1.29, 1.82) is 0 Å². The van der Waals surface area contributed by atoms with E-state index < -0.39 is 6.04 Å². The molecule has 2 aliphatic heterocycles. The predicted octanol–water partition coefficient (Wildman–Crippen LogP) is 1.71. The second-order valence-electron chi connectivity index (χ2n) is 8.95. The van der Waals surface area contributed by atoms with E-state index in [1.165, 1.54) is 0 Å². The minimum Gasteiger partial charge on any atom is -0.454 e. The topological polar surface area (TPSA) is 106 Å². The fourth-order valence-electron chi connectivity index (χ4n) is 4.93. The molecule has 1 aromatic carbocycles. The maximum absolute atomic E-state index is 13.0. The summed E-state index contributed by atoms with van der Waals surface area (Å²) in [7, 11) is 1.57. The highest BCUT2D eigenvalue weighted by molar-refractivity contribution is 5.98. The number of rotatable bonds is 8. The van der Waals surface area contributed by atoms with Crippen molar-refractivity contribution >= 4 is 17.7 Å². The quantitative estimate of drug-likeness (QED) is 0.574. The lowest BCUT2D eigenvalue weighted by atomic mass is 9.87. The Labute approximate surface area is 194 Å². The Morgan fingerprint density at radius 1 is 1.09 bits per heavy atom. The van der Waals surface area contributed by atoms with Crippen molar-refractivity contribution in [2.24, 2.45) is 11.8 Å². The normalized spacial score (nSPS) is 19.4. The van der Waals surface area contributed by atoms with Crippen molar-refractivity contribution in [2.75, 3.05) is 40.1 Å². The number of carbonyl (C=O) groups is 3.